The van der Waals surface area contributed by atoms with Crippen molar-refractivity contribution in [1.82, 2.24) is 14.8 Å². The van der Waals surface area contributed by atoms with Gasteiger partial charge in [0.15, 0.2) is 0 Å². The second-order valence-corrected chi connectivity index (χ2v) is 8.37. The summed E-state index contributed by atoms with van der Waals surface area (Å²) in [4.78, 5) is 21.2. The van der Waals surface area contributed by atoms with Gasteiger partial charge in [-0.1, -0.05) is 6.42 Å². The molecule has 1 N–H and O–H groups in total. The summed E-state index contributed by atoms with van der Waals surface area (Å²) in [7, 11) is 0. The van der Waals surface area contributed by atoms with Gasteiger partial charge in [0, 0.05) is 41.5 Å². The van der Waals surface area contributed by atoms with Crippen LogP contribution in [0.1, 0.15) is 36.0 Å². The number of thioether (sulfide) groups is 1. The molecule has 0 saturated carbocycles. The van der Waals surface area contributed by atoms with Crippen LogP contribution in [0.4, 0.5) is 0 Å². The number of piperidine rings is 1. The molecule has 5 heteroatoms. The number of carbonyl (C=O) groups excluding carboxylic acids is 1. The average molecular weight is 358 g/mol. The Morgan fingerprint density at radius 3 is 2.88 bits per heavy atom. The number of aromatic nitrogens is 1. The molecule has 2 fully saturated rings. The van der Waals surface area contributed by atoms with Gasteiger partial charge in [-0.2, -0.15) is 11.8 Å². The normalized spacial score (nSPS) is 22.9. The molecule has 0 spiro atoms. The Labute approximate surface area is 153 Å². The second-order valence-electron chi connectivity index (χ2n) is 7.22. The number of nitrogens with zero attached hydrogens (tertiary/aromatic N) is 2. The summed E-state index contributed by atoms with van der Waals surface area (Å²) in [5.41, 5.74) is 1.91. The average Bonchev–Trinajstić information content (AvgIpc) is 3.00. The van der Waals surface area contributed by atoms with Gasteiger partial charge in [-0.25, -0.2) is 0 Å². The molecule has 4 rings (SSSR count). The van der Waals surface area contributed by atoms with Crippen LogP contribution in [0.25, 0.3) is 10.9 Å². The zero-order valence-corrected chi connectivity index (χ0v) is 15.6. The maximum Gasteiger partial charge on any atom is 0.254 e. The molecule has 1 aromatic heterocycles. The Morgan fingerprint density at radius 1 is 1.12 bits per heavy atom. The molecule has 2 saturated heterocycles. The predicted octanol–water partition coefficient (Wildman–Crippen LogP) is 3.60. The molecule has 2 aliphatic heterocycles. The van der Waals surface area contributed by atoms with E-state index in [1.54, 1.807) is 0 Å². The summed E-state index contributed by atoms with van der Waals surface area (Å²) in [5, 5.41) is 1.11. The van der Waals surface area contributed by atoms with Gasteiger partial charge in [0.1, 0.15) is 0 Å². The SMILES string of the molecule is O=C(c1ccc2[nH]ccc2c1)N1CCCSCC1CN1CCCCC1. The zero-order valence-electron chi connectivity index (χ0n) is 14.7. The number of amides is 1. The minimum Gasteiger partial charge on any atom is -0.361 e. The van der Waals surface area contributed by atoms with Crippen LogP contribution >= 0.6 is 11.8 Å². The van der Waals surface area contributed by atoms with Gasteiger partial charge in [-0.05, 0) is 62.4 Å². The highest BCUT2D eigenvalue weighted by Crippen LogP contribution is 2.22. The lowest BCUT2D eigenvalue weighted by Crippen LogP contribution is -2.49. The molecule has 1 atom stereocenters. The van der Waals surface area contributed by atoms with E-state index in [-0.39, 0.29) is 5.91 Å². The number of nitrogens with one attached hydrogen (secondary N) is 1. The Bertz CT molecular complexity index is 723. The van der Waals surface area contributed by atoms with E-state index in [4.69, 9.17) is 0 Å². The fourth-order valence-electron chi connectivity index (χ4n) is 4.04. The van der Waals surface area contributed by atoms with Gasteiger partial charge in [-0.15, -0.1) is 0 Å². The van der Waals surface area contributed by atoms with Gasteiger partial charge in [-0.3, -0.25) is 4.79 Å². The molecule has 2 aliphatic rings. The smallest absolute Gasteiger partial charge is 0.254 e. The van der Waals surface area contributed by atoms with Gasteiger partial charge in [0.25, 0.3) is 5.91 Å². The van der Waals surface area contributed by atoms with Crippen molar-refractivity contribution in [2.45, 2.75) is 31.7 Å². The van der Waals surface area contributed by atoms with Crippen molar-refractivity contribution in [2.75, 3.05) is 37.7 Å². The number of fused-ring (bicyclic) bond motifs is 1. The third kappa shape index (κ3) is 3.87. The monoisotopic (exact) mass is 357 g/mol. The Balaban J connectivity index is 1.53. The predicted molar refractivity (Wildman–Crippen MR) is 105 cm³/mol. The molecule has 0 bridgehead atoms. The minimum atomic E-state index is 0.201. The van der Waals surface area contributed by atoms with Crippen LogP contribution in [-0.4, -0.2) is 64.4 Å². The van der Waals surface area contributed by atoms with Gasteiger partial charge >= 0.3 is 0 Å². The van der Waals surface area contributed by atoms with E-state index in [9.17, 15) is 4.79 Å². The summed E-state index contributed by atoms with van der Waals surface area (Å²) in [6.45, 7) is 4.30. The fraction of sp³-hybridized carbons (Fsp3) is 0.550. The molecule has 134 valence electrons. The summed E-state index contributed by atoms with van der Waals surface area (Å²) in [6, 6.07) is 8.39. The Kier molecular flexibility index (Phi) is 5.32. The van der Waals surface area contributed by atoms with E-state index < -0.39 is 0 Å². The van der Waals surface area contributed by atoms with Crippen LogP contribution in [0, 0.1) is 0 Å². The van der Waals surface area contributed by atoms with E-state index in [1.165, 1.54) is 32.4 Å². The summed E-state index contributed by atoms with van der Waals surface area (Å²) < 4.78 is 0. The summed E-state index contributed by atoms with van der Waals surface area (Å²) in [5.74, 6) is 2.43. The second kappa shape index (κ2) is 7.83. The number of likely N-dealkylation sites (tertiary alicyclic amines) is 1. The molecule has 4 nitrogen and oxygen atoms in total. The van der Waals surface area contributed by atoms with Gasteiger partial charge in [0.05, 0.1) is 6.04 Å². The molecule has 1 aromatic carbocycles. The van der Waals surface area contributed by atoms with Crippen molar-refractivity contribution < 1.29 is 4.79 Å². The van der Waals surface area contributed by atoms with Gasteiger partial charge in [0.2, 0.25) is 0 Å². The molecule has 1 amide bonds. The van der Waals surface area contributed by atoms with Crippen LogP contribution in [0.2, 0.25) is 0 Å². The number of H-pyrrole nitrogens is 1. The summed E-state index contributed by atoms with van der Waals surface area (Å²) >= 11 is 2.01. The third-order valence-electron chi connectivity index (χ3n) is 5.42. The lowest BCUT2D eigenvalue weighted by Gasteiger charge is -2.35. The highest BCUT2D eigenvalue weighted by molar-refractivity contribution is 7.99. The quantitative estimate of drug-likeness (QED) is 0.912. The first-order valence-electron chi connectivity index (χ1n) is 9.49. The van der Waals surface area contributed by atoms with Crippen LogP contribution in [-0.2, 0) is 0 Å². The number of carbonyl (C=O) groups is 1. The standard InChI is InChI=1S/C20H27N3OS/c24-20(17-5-6-19-16(13-17)7-8-21-19)23-11-4-12-25-15-18(23)14-22-9-2-1-3-10-22/h5-8,13,18,21H,1-4,9-12,14-15H2. The minimum absolute atomic E-state index is 0.201. The molecule has 0 radical (unpaired) electrons. The first-order chi connectivity index (χ1) is 12.3. The molecular formula is C20H27N3OS. The number of benzene rings is 1. The summed E-state index contributed by atoms with van der Waals surface area (Å²) in [6.07, 6.45) is 6.99. The van der Waals surface area contributed by atoms with E-state index in [0.29, 0.717) is 6.04 Å². The topological polar surface area (TPSA) is 39.3 Å². The van der Waals surface area contributed by atoms with Crippen molar-refractivity contribution in [2.24, 2.45) is 0 Å². The molecular weight excluding hydrogens is 330 g/mol. The van der Waals surface area contributed by atoms with Crippen LogP contribution in [0.15, 0.2) is 30.5 Å². The van der Waals surface area contributed by atoms with Crippen molar-refractivity contribution in [3.8, 4) is 0 Å². The number of aromatic amines is 1. The van der Waals surface area contributed by atoms with Crippen molar-refractivity contribution >= 4 is 28.6 Å². The van der Waals surface area contributed by atoms with E-state index in [0.717, 1.165) is 47.5 Å². The highest BCUT2D eigenvalue weighted by atomic mass is 32.2. The number of rotatable bonds is 3. The lowest BCUT2D eigenvalue weighted by molar-refractivity contribution is 0.0646. The van der Waals surface area contributed by atoms with Crippen molar-refractivity contribution in [3.05, 3.63) is 36.0 Å². The third-order valence-corrected chi connectivity index (χ3v) is 6.62. The van der Waals surface area contributed by atoms with Crippen LogP contribution in [0.3, 0.4) is 0 Å². The van der Waals surface area contributed by atoms with E-state index in [2.05, 4.69) is 14.8 Å². The fourth-order valence-corrected chi connectivity index (χ4v) is 5.10. The molecule has 2 aromatic rings. The maximum atomic E-state index is 13.3. The first-order valence-corrected chi connectivity index (χ1v) is 10.6. The van der Waals surface area contributed by atoms with Crippen LogP contribution in [0.5, 0.6) is 0 Å². The molecule has 3 heterocycles. The first kappa shape index (κ1) is 17.0. The van der Waals surface area contributed by atoms with Gasteiger partial charge < -0.3 is 14.8 Å². The number of hydrogen-bond acceptors (Lipinski definition) is 3. The number of hydrogen-bond donors (Lipinski definition) is 1. The highest BCUT2D eigenvalue weighted by Gasteiger charge is 2.28. The molecule has 25 heavy (non-hydrogen) atoms. The largest absolute Gasteiger partial charge is 0.361 e. The van der Waals surface area contributed by atoms with E-state index >= 15 is 0 Å². The maximum absolute atomic E-state index is 13.3. The Hall–Kier alpha value is -1.46. The van der Waals surface area contributed by atoms with Crippen molar-refractivity contribution in [3.63, 3.8) is 0 Å². The lowest BCUT2D eigenvalue weighted by atomic mass is 10.1. The molecule has 1 unspecified atom stereocenters. The van der Waals surface area contributed by atoms with Crippen LogP contribution < -0.4 is 0 Å². The molecule has 0 aliphatic carbocycles. The van der Waals surface area contributed by atoms with Crippen molar-refractivity contribution in [1.29, 1.82) is 0 Å². The zero-order chi connectivity index (χ0) is 17.1. The Morgan fingerprint density at radius 2 is 2.00 bits per heavy atom. The van der Waals surface area contributed by atoms with E-state index in [1.807, 2.05) is 42.2 Å².